The fraction of sp³-hybridized carbons (Fsp3) is 0.333. The van der Waals surface area contributed by atoms with E-state index in [2.05, 4.69) is 5.32 Å². The van der Waals surface area contributed by atoms with Crippen molar-refractivity contribution in [1.82, 2.24) is 10.2 Å². The number of likely N-dealkylation sites (tertiary alicyclic amines) is 1. The largest absolute Gasteiger partial charge is 0.489 e. The summed E-state index contributed by atoms with van der Waals surface area (Å²) in [5.74, 6) is 0.221. The molecule has 0 unspecified atom stereocenters. The lowest BCUT2D eigenvalue weighted by molar-refractivity contribution is -0.129. The predicted molar refractivity (Wildman–Crippen MR) is 99.9 cm³/mol. The third kappa shape index (κ3) is 5.29. The summed E-state index contributed by atoms with van der Waals surface area (Å²) in [4.78, 5) is 25.7. The zero-order valence-corrected chi connectivity index (χ0v) is 15.3. The molecular formula is C21H23FN2O3. The number of amides is 2. The molecule has 0 atom stereocenters. The van der Waals surface area contributed by atoms with Crippen LogP contribution in [0.25, 0.3) is 0 Å². The Morgan fingerprint density at radius 1 is 1.15 bits per heavy atom. The second-order valence-electron chi connectivity index (χ2n) is 6.70. The second kappa shape index (κ2) is 8.66. The van der Waals surface area contributed by atoms with Crippen LogP contribution in [-0.4, -0.2) is 35.8 Å². The Labute approximate surface area is 158 Å². The standard InChI is InChI=1S/C21H23FN2O3/c1-15(25)24-11-9-19(10-12-24)23-21(26)17-3-2-4-20(13-17)27-14-16-5-7-18(22)8-6-16/h2-8,13,19H,9-12,14H2,1H3,(H,23,26). The predicted octanol–water partition coefficient (Wildman–Crippen LogP) is 3.15. The van der Waals surface area contributed by atoms with E-state index in [4.69, 9.17) is 4.74 Å². The molecule has 27 heavy (non-hydrogen) atoms. The van der Waals surface area contributed by atoms with E-state index in [0.29, 0.717) is 31.0 Å². The van der Waals surface area contributed by atoms with Crippen LogP contribution < -0.4 is 10.1 Å². The minimum Gasteiger partial charge on any atom is -0.489 e. The van der Waals surface area contributed by atoms with Crippen LogP contribution in [0.4, 0.5) is 4.39 Å². The SMILES string of the molecule is CC(=O)N1CCC(NC(=O)c2cccc(OCc3ccc(F)cc3)c2)CC1. The van der Waals surface area contributed by atoms with Gasteiger partial charge in [-0.15, -0.1) is 0 Å². The van der Waals surface area contributed by atoms with Crippen molar-refractivity contribution in [2.24, 2.45) is 0 Å². The van der Waals surface area contributed by atoms with Crippen molar-refractivity contribution < 1.29 is 18.7 Å². The summed E-state index contributed by atoms with van der Waals surface area (Å²) in [7, 11) is 0. The molecule has 0 aromatic heterocycles. The molecule has 0 saturated carbocycles. The summed E-state index contributed by atoms with van der Waals surface area (Å²) in [5.41, 5.74) is 1.38. The average molecular weight is 370 g/mol. The molecular weight excluding hydrogens is 347 g/mol. The van der Waals surface area contributed by atoms with E-state index in [9.17, 15) is 14.0 Å². The normalized spacial score (nSPS) is 14.7. The molecule has 1 fully saturated rings. The van der Waals surface area contributed by atoms with Gasteiger partial charge in [-0.1, -0.05) is 18.2 Å². The molecule has 2 aromatic rings. The number of benzene rings is 2. The van der Waals surface area contributed by atoms with Crippen molar-refractivity contribution in [3.05, 3.63) is 65.5 Å². The van der Waals surface area contributed by atoms with Crippen molar-refractivity contribution in [2.45, 2.75) is 32.4 Å². The Hall–Kier alpha value is -2.89. The van der Waals surface area contributed by atoms with Gasteiger partial charge in [0.15, 0.2) is 0 Å². The molecule has 3 rings (SSSR count). The minimum absolute atomic E-state index is 0.0666. The maximum atomic E-state index is 12.9. The van der Waals surface area contributed by atoms with E-state index in [1.54, 1.807) is 48.2 Å². The van der Waals surface area contributed by atoms with E-state index < -0.39 is 0 Å². The van der Waals surface area contributed by atoms with Crippen LogP contribution in [0.3, 0.4) is 0 Å². The third-order valence-corrected chi connectivity index (χ3v) is 4.69. The smallest absolute Gasteiger partial charge is 0.251 e. The summed E-state index contributed by atoms with van der Waals surface area (Å²) in [6, 6.07) is 13.2. The van der Waals surface area contributed by atoms with Gasteiger partial charge >= 0.3 is 0 Å². The summed E-state index contributed by atoms with van der Waals surface area (Å²) < 4.78 is 18.6. The van der Waals surface area contributed by atoms with E-state index >= 15 is 0 Å². The van der Waals surface area contributed by atoms with Crippen molar-refractivity contribution in [3.63, 3.8) is 0 Å². The summed E-state index contributed by atoms with van der Waals surface area (Å²) >= 11 is 0. The van der Waals surface area contributed by atoms with E-state index in [-0.39, 0.29) is 23.7 Å². The van der Waals surface area contributed by atoms with Crippen molar-refractivity contribution in [1.29, 1.82) is 0 Å². The molecule has 1 saturated heterocycles. The molecule has 0 bridgehead atoms. The van der Waals surface area contributed by atoms with Gasteiger partial charge in [0, 0.05) is 31.6 Å². The fourth-order valence-electron chi connectivity index (χ4n) is 3.08. The zero-order chi connectivity index (χ0) is 19.2. The molecule has 5 nitrogen and oxygen atoms in total. The highest BCUT2D eigenvalue weighted by molar-refractivity contribution is 5.94. The van der Waals surface area contributed by atoms with Gasteiger partial charge in [0.05, 0.1) is 0 Å². The van der Waals surface area contributed by atoms with Crippen molar-refractivity contribution in [3.8, 4) is 5.75 Å². The Bertz CT molecular complexity index is 799. The third-order valence-electron chi connectivity index (χ3n) is 4.69. The number of halogens is 1. The molecule has 2 amide bonds. The topological polar surface area (TPSA) is 58.6 Å². The first kappa shape index (κ1) is 18.9. The molecule has 1 aliphatic rings. The van der Waals surface area contributed by atoms with Gasteiger partial charge in [0.1, 0.15) is 18.2 Å². The number of hydrogen-bond acceptors (Lipinski definition) is 3. The molecule has 1 aliphatic heterocycles. The lowest BCUT2D eigenvalue weighted by Crippen LogP contribution is -2.45. The van der Waals surface area contributed by atoms with Crippen LogP contribution in [-0.2, 0) is 11.4 Å². The zero-order valence-electron chi connectivity index (χ0n) is 15.3. The maximum absolute atomic E-state index is 12.9. The van der Waals surface area contributed by atoms with Crippen LogP contribution >= 0.6 is 0 Å². The lowest BCUT2D eigenvalue weighted by atomic mass is 10.0. The highest BCUT2D eigenvalue weighted by atomic mass is 19.1. The van der Waals surface area contributed by atoms with Gasteiger partial charge in [0.2, 0.25) is 5.91 Å². The van der Waals surface area contributed by atoms with Gasteiger partial charge in [-0.3, -0.25) is 9.59 Å². The number of nitrogens with zero attached hydrogens (tertiary/aromatic N) is 1. The monoisotopic (exact) mass is 370 g/mol. The quantitative estimate of drug-likeness (QED) is 0.880. The molecule has 0 radical (unpaired) electrons. The van der Waals surface area contributed by atoms with Gasteiger partial charge in [0.25, 0.3) is 5.91 Å². The Morgan fingerprint density at radius 3 is 2.52 bits per heavy atom. The van der Waals surface area contributed by atoms with Crippen LogP contribution in [0.5, 0.6) is 5.75 Å². The van der Waals surface area contributed by atoms with Gasteiger partial charge in [-0.25, -0.2) is 4.39 Å². The minimum atomic E-state index is -0.286. The van der Waals surface area contributed by atoms with E-state index in [1.165, 1.54) is 12.1 Å². The first-order valence-corrected chi connectivity index (χ1v) is 9.05. The molecule has 0 spiro atoms. The van der Waals surface area contributed by atoms with E-state index in [1.807, 2.05) is 0 Å². The molecule has 6 heteroatoms. The lowest BCUT2D eigenvalue weighted by Gasteiger charge is -2.31. The van der Waals surface area contributed by atoms with Crippen LogP contribution in [0.2, 0.25) is 0 Å². The van der Waals surface area contributed by atoms with E-state index in [0.717, 1.165) is 18.4 Å². The van der Waals surface area contributed by atoms with Crippen LogP contribution in [0.1, 0.15) is 35.7 Å². The summed E-state index contributed by atoms with van der Waals surface area (Å²) in [6.07, 6.45) is 1.51. The maximum Gasteiger partial charge on any atom is 0.251 e. The number of carbonyl (C=O) groups is 2. The Morgan fingerprint density at radius 2 is 1.85 bits per heavy atom. The highest BCUT2D eigenvalue weighted by Crippen LogP contribution is 2.17. The van der Waals surface area contributed by atoms with Gasteiger partial charge in [-0.2, -0.15) is 0 Å². The molecule has 1 N–H and O–H groups in total. The number of ether oxygens (including phenoxy) is 1. The number of carbonyl (C=O) groups excluding carboxylic acids is 2. The fourth-order valence-corrected chi connectivity index (χ4v) is 3.08. The second-order valence-corrected chi connectivity index (χ2v) is 6.70. The summed E-state index contributed by atoms with van der Waals surface area (Å²) in [6.45, 7) is 3.20. The molecule has 0 aliphatic carbocycles. The highest BCUT2D eigenvalue weighted by Gasteiger charge is 2.22. The van der Waals surface area contributed by atoms with Gasteiger partial charge < -0.3 is 15.0 Å². The van der Waals surface area contributed by atoms with Crippen LogP contribution in [0.15, 0.2) is 48.5 Å². The van der Waals surface area contributed by atoms with Crippen molar-refractivity contribution >= 4 is 11.8 Å². The summed E-state index contributed by atoms with van der Waals surface area (Å²) in [5, 5.41) is 3.03. The number of hydrogen-bond donors (Lipinski definition) is 1. The average Bonchev–Trinajstić information content (AvgIpc) is 2.68. The number of rotatable bonds is 5. The Balaban J connectivity index is 1.54. The molecule has 2 aromatic carbocycles. The molecule has 1 heterocycles. The Kier molecular flexibility index (Phi) is 6.06. The van der Waals surface area contributed by atoms with Crippen molar-refractivity contribution in [2.75, 3.05) is 13.1 Å². The number of piperidine rings is 1. The number of nitrogens with one attached hydrogen (secondary N) is 1. The van der Waals surface area contributed by atoms with Crippen LogP contribution in [0, 0.1) is 5.82 Å². The first-order valence-electron chi connectivity index (χ1n) is 9.05. The molecule has 142 valence electrons. The first-order chi connectivity index (χ1) is 13.0. The van der Waals surface area contributed by atoms with Gasteiger partial charge in [-0.05, 0) is 48.7 Å².